The molecule has 1 aliphatic rings. The third-order valence-electron chi connectivity index (χ3n) is 4.16. The molecule has 0 bridgehead atoms. The molecule has 2 heterocycles. The molecule has 2 aromatic rings. The van der Waals surface area contributed by atoms with Crippen molar-refractivity contribution in [3.05, 3.63) is 47.8 Å². The molecule has 1 saturated heterocycles. The largest absolute Gasteiger partial charge is 0.384 e. The highest BCUT2D eigenvalue weighted by molar-refractivity contribution is 5.55. The summed E-state index contributed by atoms with van der Waals surface area (Å²) in [5.74, 6) is 1.46. The molecule has 4 nitrogen and oxygen atoms in total. The second-order valence-corrected chi connectivity index (χ2v) is 6.13. The molecule has 1 atom stereocenters. The summed E-state index contributed by atoms with van der Waals surface area (Å²) in [4.78, 5) is 11.5. The first kappa shape index (κ1) is 15.1. The summed E-state index contributed by atoms with van der Waals surface area (Å²) >= 11 is 0. The summed E-state index contributed by atoms with van der Waals surface area (Å²) < 4.78 is 5.25. The van der Waals surface area contributed by atoms with Gasteiger partial charge in [0.25, 0.3) is 0 Å². The Morgan fingerprint density at radius 3 is 2.82 bits per heavy atom. The fourth-order valence-electron chi connectivity index (χ4n) is 3.06. The maximum atomic E-state index is 5.25. The van der Waals surface area contributed by atoms with Crippen LogP contribution in [-0.2, 0) is 11.3 Å². The van der Waals surface area contributed by atoms with E-state index in [2.05, 4.69) is 40.0 Å². The standard InChI is InChI=1S/C18H23N3O/c1-14-4-3-5-17(8-14)18-19-9-16(10-20-18)12-21-7-6-15(11-21)13-22-2/h3-5,8-10,15H,6-7,11-13H2,1-2H3/t15-/m0/s1. The maximum Gasteiger partial charge on any atom is 0.159 e. The third kappa shape index (κ3) is 3.70. The van der Waals surface area contributed by atoms with E-state index < -0.39 is 0 Å². The van der Waals surface area contributed by atoms with Crippen molar-refractivity contribution in [3.63, 3.8) is 0 Å². The Morgan fingerprint density at radius 1 is 1.27 bits per heavy atom. The van der Waals surface area contributed by atoms with Crippen LogP contribution >= 0.6 is 0 Å². The van der Waals surface area contributed by atoms with Gasteiger partial charge in [0.2, 0.25) is 0 Å². The molecule has 0 radical (unpaired) electrons. The lowest BCUT2D eigenvalue weighted by molar-refractivity contribution is 0.152. The lowest BCUT2D eigenvalue weighted by Crippen LogP contribution is -2.21. The number of aromatic nitrogens is 2. The van der Waals surface area contributed by atoms with E-state index in [1.54, 1.807) is 7.11 Å². The summed E-state index contributed by atoms with van der Waals surface area (Å²) in [5, 5.41) is 0. The number of nitrogens with zero attached hydrogens (tertiary/aromatic N) is 3. The van der Waals surface area contributed by atoms with Crippen LogP contribution in [-0.4, -0.2) is 41.7 Å². The van der Waals surface area contributed by atoms with Crippen LogP contribution in [0.2, 0.25) is 0 Å². The fraction of sp³-hybridized carbons (Fsp3) is 0.444. The van der Waals surface area contributed by atoms with Crippen LogP contribution in [0.5, 0.6) is 0 Å². The number of hydrogen-bond acceptors (Lipinski definition) is 4. The van der Waals surface area contributed by atoms with Gasteiger partial charge in [-0.2, -0.15) is 0 Å². The lowest BCUT2D eigenvalue weighted by Gasteiger charge is -2.15. The highest BCUT2D eigenvalue weighted by Gasteiger charge is 2.22. The minimum absolute atomic E-state index is 0.664. The second-order valence-electron chi connectivity index (χ2n) is 6.13. The van der Waals surface area contributed by atoms with E-state index in [4.69, 9.17) is 4.74 Å². The SMILES string of the molecule is COC[C@H]1CCN(Cc2cnc(-c3cccc(C)c3)nc2)C1. The molecule has 0 saturated carbocycles. The van der Waals surface area contributed by atoms with E-state index >= 15 is 0 Å². The normalized spacial score (nSPS) is 18.7. The number of rotatable bonds is 5. The second kappa shape index (κ2) is 6.99. The van der Waals surface area contributed by atoms with E-state index in [-0.39, 0.29) is 0 Å². The predicted octanol–water partition coefficient (Wildman–Crippen LogP) is 2.92. The van der Waals surface area contributed by atoms with Gasteiger partial charge in [-0.05, 0) is 31.9 Å². The van der Waals surface area contributed by atoms with Crippen LogP contribution in [0.15, 0.2) is 36.7 Å². The zero-order chi connectivity index (χ0) is 15.4. The van der Waals surface area contributed by atoms with Crippen molar-refractivity contribution in [1.29, 1.82) is 0 Å². The topological polar surface area (TPSA) is 38.2 Å². The highest BCUT2D eigenvalue weighted by atomic mass is 16.5. The fourth-order valence-corrected chi connectivity index (χ4v) is 3.06. The highest BCUT2D eigenvalue weighted by Crippen LogP contribution is 2.20. The molecule has 0 spiro atoms. The minimum atomic E-state index is 0.664. The lowest BCUT2D eigenvalue weighted by atomic mass is 10.1. The summed E-state index contributed by atoms with van der Waals surface area (Å²) in [6.07, 6.45) is 5.12. The average Bonchev–Trinajstić information content (AvgIpc) is 2.96. The Labute approximate surface area is 132 Å². The number of ether oxygens (including phenoxy) is 1. The number of likely N-dealkylation sites (tertiary alicyclic amines) is 1. The Morgan fingerprint density at radius 2 is 2.09 bits per heavy atom. The van der Waals surface area contributed by atoms with Crippen molar-refractivity contribution in [2.75, 3.05) is 26.8 Å². The molecule has 1 aromatic heterocycles. The zero-order valence-electron chi connectivity index (χ0n) is 13.3. The number of aryl methyl sites for hydroxylation is 1. The summed E-state index contributed by atoms with van der Waals surface area (Å²) in [6, 6.07) is 8.30. The predicted molar refractivity (Wildman–Crippen MR) is 87.5 cm³/mol. The van der Waals surface area contributed by atoms with E-state index in [9.17, 15) is 0 Å². The van der Waals surface area contributed by atoms with Gasteiger partial charge in [0.1, 0.15) is 0 Å². The van der Waals surface area contributed by atoms with Gasteiger partial charge in [-0.1, -0.05) is 23.8 Å². The van der Waals surface area contributed by atoms with Crippen molar-refractivity contribution in [1.82, 2.24) is 14.9 Å². The number of methoxy groups -OCH3 is 1. The van der Waals surface area contributed by atoms with Crippen LogP contribution in [0.3, 0.4) is 0 Å². The minimum Gasteiger partial charge on any atom is -0.384 e. The Hall–Kier alpha value is -1.78. The molecule has 0 amide bonds. The average molecular weight is 297 g/mol. The van der Waals surface area contributed by atoms with Crippen LogP contribution in [0.4, 0.5) is 0 Å². The zero-order valence-corrected chi connectivity index (χ0v) is 13.3. The summed E-state index contributed by atoms with van der Waals surface area (Å²) in [5.41, 5.74) is 3.48. The van der Waals surface area contributed by atoms with Gasteiger partial charge >= 0.3 is 0 Å². The molecule has 22 heavy (non-hydrogen) atoms. The quantitative estimate of drug-likeness (QED) is 0.850. The van der Waals surface area contributed by atoms with Crippen molar-refractivity contribution in [3.8, 4) is 11.4 Å². The van der Waals surface area contributed by atoms with Crippen molar-refractivity contribution in [2.24, 2.45) is 5.92 Å². The number of hydrogen-bond donors (Lipinski definition) is 0. The van der Waals surface area contributed by atoms with Gasteiger partial charge < -0.3 is 4.74 Å². The molecular formula is C18H23N3O. The van der Waals surface area contributed by atoms with Crippen LogP contribution < -0.4 is 0 Å². The third-order valence-corrected chi connectivity index (χ3v) is 4.16. The van der Waals surface area contributed by atoms with Crippen LogP contribution in [0.1, 0.15) is 17.5 Å². The van der Waals surface area contributed by atoms with Crippen molar-refractivity contribution >= 4 is 0 Å². The van der Waals surface area contributed by atoms with Gasteiger partial charge in [-0.25, -0.2) is 9.97 Å². The van der Waals surface area contributed by atoms with E-state index in [0.717, 1.165) is 37.6 Å². The summed E-state index contributed by atoms with van der Waals surface area (Å²) in [7, 11) is 1.78. The van der Waals surface area contributed by atoms with Crippen LogP contribution in [0.25, 0.3) is 11.4 Å². The molecule has 1 aromatic carbocycles. The van der Waals surface area contributed by atoms with E-state index in [1.165, 1.54) is 17.5 Å². The van der Waals surface area contributed by atoms with Crippen molar-refractivity contribution < 1.29 is 4.74 Å². The maximum absolute atomic E-state index is 5.25. The first-order valence-electron chi connectivity index (χ1n) is 7.84. The monoisotopic (exact) mass is 297 g/mol. The van der Waals surface area contributed by atoms with Crippen molar-refractivity contribution in [2.45, 2.75) is 19.9 Å². The van der Waals surface area contributed by atoms with Gasteiger partial charge in [0, 0.05) is 43.7 Å². The molecule has 0 aliphatic carbocycles. The molecule has 1 aliphatic heterocycles. The van der Waals surface area contributed by atoms with E-state index in [1.807, 2.05) is 18.5 Å². The molecular weight excluding hydrogens is 274 g/mol. The molecule has 0 unspecified atom stereocenters. The summed E-state index contributed by atoms with van der Waals surface area (Å²) in [6.45, 7) is 6.11. The molecule has 116 valence electrons. The molecule has 3 rings (SSSR count). The van der Waals surface area contributed by atoms with E-state index in [0.29, 0.717) is 5.92 Å². The van der Waals surface area contributed by atoms with Gasteiger partial charge in [0.15, 0.2) is 5.82 Å². The van der Waals surface area contributed by atoms with Crippen LogP contribution in [0, 0.1) is 12.8 Å². The Balaban J connectivity index is 1.63. The first-order chi connectivity index (χ1) is 10.7. The van der Waals surface area contributed by atoms with Gasteiger partial charge in [-0.15, -0.1) is 0 Å². The first-order valence-corrected chi connectivity index (χ1v) is 7.84. The van der Waals surface area contributed by atoms with Gasteiger partial charge in [-0.3, -0.25) is 4.90 Å². The Kier molecular flexibility index (Phi) is 4.80. The number of benzene rings is 1. The van der Waals surface area contributed by atoms with Gasteiger partial charge in [0.05, 0.1) is 6.61 Å². The molecule has 1 fully saturated rings. The molecule has 4 heteroatoms. The smallest absolute Gasteiger partial charge is 0.159 e. The molecule has 0 N–H and O–H groups in total. The Bertz CT molecular complexity index is 612.